The number of fused-ring (bicyclic) bond motifs is 2. The SMILES string of the molecule is O=C(c1ccc2nccnc2c1)N1CCC(N2CCc3ccccc3C2)C1. The molecule has 1 saturated heterocycles. The smallest absolute Gasteiger partial charge is 0.253 e. The van der Waals surface area contributed by atoms with Crippen LogP contribution >= 0.6 is 0 Å². The van der Waals surface area contributed by atoms with Crippen LogP contribution in [0.3, 0.4) is 0 Å². The number of hydrogen-bond acceptors (Lipinski definition) is 4. The van der Waals surface area contributed by atoms with Crippen molar-refractivity contribution in [3.05, 3.63) is 71.5 Å². The molecule has 5 nitrogen and oxygen atoms in total. The first-order valence-corrected chi connectivity index (χ1v) is 9.59. The van der Waals surface area contributed by atoms with Gasteiger partial charge in [0.2, 0.25) is 0 Å². The minimum atomic E-state index is 0.0995. The molecular formula is C22H22N4O. The van der Waals surface area contributed by atoms with Crippen molar-refractivity contribution in [3.63, 3.8) is 0 Å². The maximum atomic E-state index is 13.0. The lowest BCUT2D eigenvalue weighted by Gasteiger charge is -2.33. The number of rotatable bonds is 2. The van der Waals surface area contributed by atoms with Gasteiger partial charge in [0.25, 0.3) is 5.91 Å². The Balaban J connectivity index is 1.29. The molecule has 2 aromatic carbocycles. The minimum Gasteiger partial charge on any atom is -0.337 e. The van der Waals surface area contributed by atoms with E-state index in [1.165, 1.54) is 11.1 Å². The third kappa shape index (κ3) is 3.08. The van der Waals surface area contributed by atoms with Gasteiger partial charge < -0.3 is 4.90 Å². The average Bonchev–Trinajstić information content (AvgIpc) is 3.23. The van der Waals surface area contributed by atoms with Crippen LogP contribution in [0.5, 0.6) is 0 Å². The summed E-state index contributed by atoms with van der Waals surface area (Å²) in [6.07, 6.45) is 5.48. The molecular weight excluding hydrogens is 336 g/mol. The Morgan fingerprint density at radius 3 is 2.67 bits per heavy atom. The second-order valence-electron chi connectivity index (χ2n) is 7.44. The van der Waals surface area contributed by atoms with Crippen molar-refractivity contribution in [2.75, 3.05) is 19.6 Å². The Bertz CT molecular complexity index is 1000. The van der Waals surface area contributed by atoms with E-state index in [0.29, 0.717) is 11.6 Å². The molecule has 3 heterocycles. The van der Waals surface area contributed by atoms with Gasteiger partial charge >= 0.3 is 0 Å². The standard InChI is InChI=1S/C22H22N4O/c27-22(17-5-6-20-21(13-17)24-10-9-23-20)26-12-8-19(15-26)25-11-7-16-3-1-2-4-18(16)14-25/h1-6,9-10,13,19H,7-8,11-12,14-15H2. The monoisotopic (exact) mass is 358 g/mol. The van der Waals surface area contributed by atoms with Crippen LogP contribution in [0.2, 0.25) is 0 Å². The maximum absolute atomic E-state index is 13.0. The largest absolute Gasteiger partial charge is 0.337 e. The highest BCUT2D eigenvalue weighted by atomic mass is 16.2. The van der Waals surface area contributed by atoms with Crippen LogP contribution in [0.15, 0.2) is 54.9 Å². The second kappa shape index (κ2) is 6.74. The fourth-order valence-electron chi connectivity index (χ4n) is 4.33. The van der Waals surface area contributed by atoms with Crippen molar-refractivity contribution in [1.29, 1.82) is 0 Å². The molecule has 2 aliphatic rings. The van der Waals surface area contributed by atoms with E-state index in [1.807, 2.05) is 23.1 Å². The molecule has 0 spiro atoms. The predicted molar refractivity (Wildman–Crippen MR) is 104 cm³/mol. The van der Waals surface area contributed by atoms with Crippen molar-refractivity contribution in [2.24, 2.45) is 0 Å². The van der Waals surface area contributed by atoms with Gasteiger partial charge in [0.05, 0.1) is 11.0 Å². The van der Waals surface area contributed by atoms with Crippen molar-refractivity contribution in [1.82, 2.24) is 19.8 Å². The van der Waals surface area contributed by atoms with Crippen molar-refractivity contribution in [2.45, 2.75) is 25.4 Å². The number of aromatic nitrogens is 2. The first-order valence-electron chi connectivity index (χ1n) is 9.59. The van der Waals surface area contributed by atoms with Crippen LogP contribution < -0.4 is 0 Å². The molecule has 1 unspecified atom stereocenters. The fraction of sp³-hybridized carbons (Fsp3) is 0.318. The molecule has 0 N–H and O–H groups in total. The zero-order valence-electron chi connectivity index (χ0n) is 15.2. The molecule has 0 saturated carbocycles. The number of amides is 1. The summed E-state index contributed by atoms with van der Waals surface area (Å²) in [6.45, 7) is 3.70. The highest BCUT2D eigenvalue weighted by Crippen LogP contribution is 2.25. The molecule has 27 heavy (non-hydrogen) atoms. The molecule has 1 fully saturated rings. The average molecular weight is 358 g/mol. The summed E-state index contributed by atoms with van der Waals surface area (Å²) >= 11 is 0. The Labute approximate surface area is 158 Å². The number of hydrogen-bond donors (Lipinski definition) is 0. The molecule has 0 aliphatic carbocycles. The highest BCUT2D eigenvalue weighted by Gasteiger charge is 2.32. The Morgan fingerprint density at radius 2 is 1.78 bits per heavy atom. The zero-order valence-corrected chi connectivity index (χ0v) is 15.2. The lowest BCUT2D eigenvalue weighted by Crippen LogP contribution is -2.41. The van der Waals surface area contributed by atoms with Crippen LogP contribution in [0, 0.1) is 0 Å². The lowest BCUT2D eigenvalue weighted by atomic mass is 9.98. The lowest BCUT2D eigenvalue weighted by molar-refractivity contribution is 0.0773. The Kier molecular flexibility index (Phi) is 4.09. The molecule has 2 aliphatic heterocycles. The van der Waals surface area contributed by atoms with Gasteiger partial charge in [-0.1, -0.05) is 24.3 Å². The van der Waals surface area contributed by atoms with E-state index < -0.39 is 0 Å². The van der Waals surface area contributed by atoms with Crippen LogP contribution in [0.4, 0.5) is 0 Å². The number of benzene rings is 2. The highest BCUT2D eigenvalue weighted by molar-refractivity contribution is 5.97. The Morgan fingerprint density at radius 1 is 0.963 bits per heavy atom. The summed E-state index contributed by atoms with van der Waals surface area (Å²) in [6, 6.07) is 14.8. The van der Waals surface area contributed by atoms with Gasteiger partial charge in [-0.25, -0.2) is 0 Å². The van der Waals surface area contributed by atoms with Gasteiger partial charge in [0.1, 0.15) is 0 Å². The number of carbonyl (C=O) groups excluding carboxylic acids is 1. The molecule has 5 heteroatoms. The van der Waals surface area contributed by atoms with Gasteiger partial charge in [-0.15, -0.1) is 0 Å². The van der Waals surface area contributed by atoms with Crippen LogP contribution in [-0.2, 0) is 13.0 Å². The van der Waals surface area contributed by atoms with Crippen molar-refractivity contribution >= 4 is 16.9 Å². The van der Waals surface area contributed by atoms with E-state index in [4.69, 9.17) is 0 Å². The summed E-state index contributed by atoms with van der Waals surface area (Å²) in [5, 5.41) is 0. The van der Waals surface area contributed by atoms with E-state index >= 15 is 0 Å². The Hall–Kier alpha value is -2.79. The van der Waals surface area contributed by atoms with Crippen LogP contribution in [-0.4, -0.2) is 51.4 Å². The normalized spacial score (nSPS) is 20.0. The molecule has 1 atom stereocenters. The van der Waals surface area contributed by atoms with Gasteiger partial charge in [0.15, 0.2) is 0 Å². The van der Waals surface area contributed by atoms with E-state index in [-0.39, 0.29) is 5.91 Å². The van der Waals surface area contributed by atoms with Crippen LogP contribution in [0.25, 0.3) is 11.0 Å². The second-order valence-corrected chi connectivity index (χ2v) is 7.44. The molecule has 5 rings (SSSR count). The summed E-state index contributed by atoms with van der Waals surface area (Å²) in [5.41, 5.74) is 5.19. The third-order valence-corrected chi connectivity index (χ3v) is 5.84. The van der Waals surface area contributed by atoms with Gasteiger partial charge in [0, 0.05) is 50.2 Å². The molecule has 0 bridgehead atoms. The topological polar surface area (TPSA) is 49.3 Å². The molecule has 1 aromatic heterocycles. The first-order chi connectivity index (χ1) is 13.3. The van der Waals surface area contributed by atoms with Crippen molar-refractivity contribution < 1.29 is 4.79 Å². The van der Waals surface area contributed by atoms with Gasteiger partial charge in [-0.05, 0) is 42.2 Å². The van der Waals surface area contributed by atoms with Crippen LogP contribution in [0.1, 0.15) is 27.9 Å². The van der Waals surface area contributed by atoms with Gasteiger partial charge in [-0.3, -0.25) is 19.7 Å². The number of carbonyl (C=O) groups is 1. The molecule has 3 aromatic rings. The molecule has 0 radical (unpaired) electrons. The predicted octanol–water partition coefficient (Wildman–Crippen LogP) is 2.90. The van der Waals surface area contributed by atoms with E-state index in [9.17, 15) is 4.79 Å². The summed E-state index contributed by atoms with van der Waals surface area (Å²) in [5.74, 6) is 0.0995. The minimum absolute atomic E-state index is 0.0995. The molecule has 136 valence electrons. The maximum Gasteiger partial charge on any atom is 0.253 e. The molecule has 1 amide bonds. The number of nitrogens with zero attached hydrogens (tertiary/aromatic N) is 4. The zero-order chi connectivity index (χ0) is 18.2. The van der Waals surface area contributed by atoms with E-state index in [2.05, 4.69) is 39.1 Å². The first kappa shape index (κ1) is 16.4. The van der Waals surface area contributed by atoms with Gasteiger partial charge in [-0.2, -0.15) is 0 Å². The van der Waals surface area contributed by atoms with E-state index in [0.717, 1.165) is 50.1 Å². The summed E-state index contributed by atoms with van der Waals surface area (Å²) in [7, 11) is 0. The third-order valence-electron chi connectivity index (χ3n) is 5.84. The van der Waals surface area contributed by atoms with Crippen molar-refractivity contribution in [3.8, 4) is 0 Å². The fourth-order valence-corrected chi connectivity index (χ4v) is 4.33. The summed E-state index contributed by atoms with van der Waals surface area (Å²) < 4.78 is 0. The quantitative estimate of drug-likeness (QED) is 0.707. The number of likely N-dealkylation sites (tertiary alicyclic amines) is 1. The van der Waals surface area contributed by atoms with E-state index in [1.54, 1.807) is 12.4 Å². The summed E-state index contributed by atoms with van der Waals surface area (Å²) in [4.78, 5) is 26.1.